The third kappa shape index (κ3) is 7.10. The quantitative estimate of drug-likeness (QED) is 0.165. The first-order valence-electron chi connectivity index (χ1n) is 6.40. The third-order valence-corrected chi connectivity index (χ3v) is 3.34. The van der Waals surface area contributed by atoms with Gasteiger partial charge in [-0.15, -0.1) is 5.10 Å². The number of hydrogen-bond acceptors (Lipinski definition) is 5. The van der Waals surface area contributed by atoms with Gasteiger partial charge in [0.05, 0.1) is 12.2 Å². The van der Waals surface area contributed by atoms with Crippen LogP contribution >= 0.6 is 0 Å². The largest absolute Gasteiger partial charge is 0.480 e. The Morgan fingerprint density at radius 1 is 1.50 bits per heavy atom. The molecule has 1 aromatic heterocycles. The number of guanidine groups is 1. The summed E-state index contributed by atoms with van der Waals surface area (Å²) in [4.78, 5) is 14.4. The number of aromatic nitrogens is 3. The number of aryl methyl sites for hydroxylation is 1. The Balaban J connectivity index is 2.42. The van der Waals surface area contributed by atoms with Gasteiger partial charge in [0.1, 0.15) is 6.54 Å². The molecule has 0 bridgehead atoms. The van der Waals surface area contributed by atoms with Crippen LogP contribution in [0.25, 0.3) is 0 Å². The Bertz CT molecular complexity index is 543. The molecule has 0 spiro atoms. The first kappa shape index (κ1) is 18.0. The molecule has 0 aliphatic heterocycles. The van der Waals surface area contributed by atoms with Crippen molar-refractivity contribution >= 4 is 23.2 Å². The van der Waals surface area contributed by atoms with Crippen LogP contribution in [-0.2, 0) is 29.0 Å². The monoisotopic (exact) mass is 333 g/mol. The highest BCUT2D eigenvalue weighted by atomic mass is 32.2. The van der Waals surface area contributed by atoms with Gasteiger partial charge in [0.25, 0.3) is 0 Å². The summed E-state index contributed by atoms with van der Waals surface area (Å²) in [6, 6.07) is 0. The van der Waals surface area contributed by atoms with E-state index in [1.165, 1.54) is 4.68 Å². The fourth-order valence-electron chi connectivity index (χ4n) is 1.61. The second-order valence-electron chi connectivity index (χ2n) is 4.37. The van der Waals surface area contributed by atoms with E-state index in [9.17, 15) is 9.00 Å². The van der Waals surface area contributed by atoms with E-state index in [1.54, 1.807) is 6.20 Å². The van der Waals surface area contributed by atoms with Crippen molar-refractivity contribution in [1.29, 1.82) is 0 Å². The zero-order valence-corrected chi connectivity index (χ0v) is 12.6. The molecule has 0 fully saturated rings. The molecule has 0 saturated heterocycles. The molecule has 1 heterocycles. The Morgan fingerprint density at radius 3 is 2.82 bits per heavy atom. The molecule has 0 aliphatic carbocycles. The number of carboxylic acids is 1. The van der Waals surface area contributed by atoms with Crippen molar-refractivity contribution < 1.29 is 18.7 Å². The minimum Gasteiger partial charge on any atom is -0.480 e. The number of carboxylic acid groups (broad SMARTS) is 1. The van der Waals surface area contributed by atoms with E-state index in [0.717, 1.165) is 10.00 Å². The molecule has 124 valence electrons. The van der Waals surface area contributed by atoms with Crippen LogP contribution in [-0.4, -0.2) is 64.7 Å². The standard InChI is InChI=1S/C10H19N7O4S/c11-10(12)13-3-1-2-8-6-16(15-14-8)4-5-17(22(20)21)7-9(18)19/h6H,1-5,7H2,(H,18,19)(H,20,21)(H4,11,12,13). The van der Waals surface area contributed by atoms with Crippen molar-refractivity contribution in [2.24, 2.45) is 16.5 Å². The summed E-state index contributed by atoms with van der Waals surface area (Å²) < 4.78 is 22.4. The number of nitrogens with zero attached hydrogens (tertiary/aromatic N) is 5. The molecule has 0 radical (unpaired) electrons. The molecule has 1 unspecified atom stereocenters. The number of nitrogens with two attached hydrogens (primary N) is 2. The van der Waals surface area contributed by atoms with Gasteiger partial charge in [0, 0.05) is 19.3 Å². The Labute approximate surface area is 129 Å². The second-order valence-corrected chi connectivity index (χ2v) is 5.35. The molecule has 22 heavy (non-hydrogen) atoms. The normalized spacial score (nSPS) is 12.3. The van der Waals surface area contributed by atoms with E-state index < -0.39 is 23.8 Å². The van der Waals surface area contributed by atoms with E-state index in [2.05, 4.69) is 15.3 Å². The molecule has 11 nitrogen and oxygen atoms in total. The highest BCUT2D eigenvalue weighted by Gasteiger charge is 2.15. The van der Waals surface area contributed by atoms with Crippen LogP contribution in [0.1, 0.15) is 12.1 Å². The predicted octanol–water partition coefficient (Wildman–Crippen LogP) is -1.99. The number of rotatable bonds is 10. The van der Waals surface area contributed by atoms with Crippen molar-refractivity contribution in [3.05, 3.63) is 11.9 Å². The molecular weight excluding hydrogens is 314 g/mol. The Morgan fingerprint density at radius 2 is 2.23 bits per heavy atom. The van der Waals surface area contributed by atoms with Crippen molar-refractivity contribution in [1.82, 2.24) is 19.3 Å². The first-order valence-corrected chi connectivity index (χ1v) is 7.47. The molecule has 6 N–H and O–H groups in total. The lowest BCUT2D eigenvalue weighted by atomic mass is 10.2. The molecule has 1 rings (SSSR count). The van der Waals surface area contributed by atoms with Gasteiger partial charge in [-0.2, -0.15) is 4.31 Å². The molecule has 0 saturated carbocycles. The topological polar surface area (TPSA) is 173 Å². The van der Waals surface area contributed by atoms with Crippen LogP contribution in [0, 0.1) is 0 Å². The third-order valence-electron chi connectivity index (χ3n) is 2.58. The Kier molecular flexibility index (Phi) is 7.42. The van der Waals surface area contributed by atoms with Crippen molar-refractivity contribution in [3.8, 4) is 0 Å². The van der Waals surface area contributed by atoms with Crippen LogP contribution in [0.3, 0.4) is 0 Å². The summed E-state index contributed by atoms with van der Waals surface area (Å²) in [5.74, 6) is -1.14. The van der Waals surface area contributed by atoms with Crippen LogP contribution in [0.2, 0.25) is 0 Å². The van der Waals surface area contributed by atoms with Crippen LogP contribution in [0.4, 0.5) is 0 Å². The highest BCUT2D eigenvalue weighted by molar-refractivity contribution is 7.76. The van der Waals surface area contributed by atoms with Crippen molar-refractivity contribution in [3.63, 3.8) is 0 Å². The van der Waals surface area contributed by atoms with Gasteiger partial charge in [0.15, 0.2) is 5.96 Å². The minimum atomic E-state index is -2.35. The van der Waals surface area contributed by atoms with Crippen molar-refractivity contribution in [2.75, 3.05) is 19.6 Å². The molecule has 0 amide bonds. The highest BCUT2D eigenvalue weighted by Crippen LogP contribution is 2.00. The van der Waals surface area contributed by atoms with Gasteiger partial charge >= 0.3 is 5.97 Å². The van der Waals surface area contributed by atoms with E-state index in [1.807, 2.05) is 0 Å². The fourth-order valence-corrected chi connectivity index (χ4v) is 2.07. The van der Waals surface area contributed by atoms with Gasteiger partial charge < -0.3 is 16.6 Å². The summed E-state index contributed by atoms with van der Waals surface area (Å²) in [5, 5.41) is 16.5. The summed E-state index contributed by atoms with van der Waals surface area (Å²) in [5.41, 5.74) is 11.2. The number of aliphatic imine (C=N–C) groups is 1. The lowest BCUT2D eigenvalue weighted by Crippen LogP contribution is -2.34. The predicted molar refractivity (Wildman–Crippen MR) is 79.0 cm³/mol. The molecule has 0 aromatic carbocycles. The minimum absolute atomic E-state index is 0.0409. The van der Waals surface area contributed by atoms with E-state index >= 15 is 0 Å². The lowest BCUT2D eigenvalue weighted by molar-refractivity contribution is -0.137. The second kappa shape index (κ2) is 9.07. The van der Waals surface area contributed by atoms with E-state index in [-0.39, 0.29) is 19.0 Å². The fraction of sp³-hybridized carbons (Fsp3) is 0.600. The van der Waals surface area contributed by atoms with Crippen LogP contribution in [0.15, 0.2) is 11.2 Å². The van der Waals surface area contributed by atoms with Gasteiger partial charge in [-0.1, -0.05) is 5.21 Å². The molecule has 1 aromatic rings. The average molecular weight is 333 g/mol. The van der Waals surface area contributed by atoms with Crippen LogP contribution in [0.5, 0.6) is 0 Å². The summed E-state index contributed by atoms with van der Waals surface area (Å²) in [7, 11) is 0. The summed E-state index contributed by atoms with van der Waals surface area (Å²) in [6.45, 7) is 0.279. The number of aliphatic carboxylic acids is 1. The van der Waals surface area contributed by atoms with Gasteiger partial charge in [-0.25, -0.2) is 4.21 Å². The SMILES string of the molecule is NC(N)=NCCCc1cn(CCN(CC(=O)O)S(=O)O)nn1. The van der Waals surface area contributed by atoms with E-state index in [4.69, 9.17) is 21.1 Å². The summed E-state index contributed by atoms with van der Waals surface area (Å²) in [6.07, 6.45) is 3.04. The summed E-state index contributed by atoms with van der Waals surface area (Å²) >= 11 is -2.35. The maximum absolute atomic E-state index is 11.0. The maximum atomic E-state index is 11.0. The van der Waals surface area contributed by atoms with Crippen LogP contribution < -0.4 is 11.5 Å². The lowest BCUT2D eigenvalue weighted by Gasteiger charge is -2.14. The maximum Gasteiger partial charge on any atom is 0.318 e. The molecule has 0 aliphatic rings. The van der Waals surface area contributed by atoms with Gasteiger partial charge in [-0.05, 0) is 12.8 Å². The zero-order chi connectivity index (χ0) is 16.5. The number of hydrogen-bond donors (Lipinski definition) is 4. The van der Waals surface area contributed by atoms with Gasteiger partial charge in [-0.3, -0.25) is 19.0 Å². The average Bonchev–Trinajstić information content (AvgIpc) is 2.86. The number of carbonyl (C=O) groups is 1. The molecule has 12 heteroatoms. The van der Waals surface area contributed by atoms with Gasteiger partial charge in [0.2, 0.25) is 11.3 Å². The molecular formula is C10H19N7O4S. The Hall–Kier alpha value is -2.05. The zero-order valence-electron chi connectivity index (χ0n) is 11.8. The van der Waals surface area contributed by atoms with Crippen molar-refractivity contribution in [2.45, 2.75) is 19.4 Å². The molecule has 1 atom stereocenters. The smallest absolute Gasteiger partial charge is 0.318 e. The van der Waals surface area contributed by atoms with E-state index in [0.29, 0.717) is 19.4 Å². The first-order chi connectivity index (χ1) is 10.4.